The molecular formula is C24H27BrClN3O3. The van der Waals surface area contributed by atoms with Crippen LogP contribution in [0, 0.1) is 0 Å². The van der Waals surface area contributed by atoms with Crippen LogP contribution < -0.4 is 15.0 Å². The molecule has 0 aliphatic carbocycles. The summed E-state index contributed by atoms with van der Waals surface area (Å²) in [6.45, 7) is 8.09. The largest absolute Gasteiger partial charge is 0.493 e. The van der Waals surface area contributed by atoms with Crippen LogP contribution in [-0.2, 0) is 0 Å². The summed E-state index contributed by atoms with van der Waals surface area (Å²) in [7, 11) is 1.56. The minimum Gasteiger partial charge on any atom is -0.493 e. The summed E-state index contributed by atoms with van der Waals surface area (Å²) in [6.07, 6.45) is 3.25. The third-order valence-electron chi connectivity index (χ3n) is 5.35. The second-order valence-electron chi connectivity index (χ2n) is 7.67. The van der Waals surface area contributed by atoms with Crippen molar-refractivity contribution in [1.29, 1.82) is 0 Å². The maximum Gasteiger partial charge on any atom is 0.282 e. The Hall–Kier alpha value is -2.38. The first-order valence-electron chi connectivity index (χ1n) is 10.6. The Morgan fingerprint density at radius 3 is 2.62 bits per heavy atom. The topological polar surface area (TPSA) is 65.7 Å². The van der Waals surface area contributed by atoms with E-state index < -0.39 is 0 Å². The number of methoxy groups -OCH3 is 1. The summed E-state index contributed by atoms with van der Waals surface area (Å²) in [6, 6.07) is 9.00. The molecule has 0 saturated heterocycles. The van der Waals surface area contributed by atoms with Crippen molar-refractivity contribution in [2.45, 2.75) is 52.6 Å². The van der Waals surface area contributed by atoms with Gasteiger partial charge in [-0.2, -0.15) is 9.78 Å². The lowest BCUT2D eigenvalue weighted by Crippen LogP contribution is -2.23. The first-order valence-corrected chi connectivity index (χ1v) is 11.8. The molecule has 0 saturated carbocycles. The number of hydrogen-bond acceptors (Lipinski definition) is 5. The van der Waals surface area contributed by atoms with Crippen molar-refractivity contribution in [1.82, 2.24) is 9.66 Å². The lowest BCUT2D eigenvalue weighted by atomic mass is 10.1. The number of aromatic nitrogens is 2. The smallest absolute Gasteiger partial charge is 0.282 e. The van der Waals surface area contributed by atoms with Crippen LogP contribution in [0.2, 0.25) is 5.02 Å². The third-order valence-corrected chi connectivity index (χ3v) is 6.13. The van der Waals surface area contributed by atoms with Gasteiger partial charge >= 0.3 is 0 Å². The number of halogens is 2. The SMILES string of the molecule is CC[C@@H](C)c1nc2ccc(Br)cc2c(=O)n1N=Cc1cc(Cl)c(O[C@@H](C)CC)c(OC)c1. The lowest BCUT2D eigenvalue weighted by molar-refractivity contribution is 0.208. The van der Waals surface area contributed by atoms with Crippen LogP contribution >= 0.6 is 27.5 Å². The summed E-state index contributed by atoms with van der Waals surface area (Å²) in [4.78, 5) is 18.0. The second kappa shape index (κ2) is 10.5. The molecule has 3 rings (SSSR count). The molecule has 0 radical (unpaired) electrons. The zero-order chi connectivity index (χ0) is 23.4. The van der Waals surface area contributed by atoms with E-state index in [1.54, 1.807) is 31.5 Å². The predicted octanol–water partition coefficient (Wildman–Crippen LogP) is 6.39. The van der Waals surface area contributed by atoms with Gasteiger partial charge in [-0.1, -0.05) is 48.3 Å². The van der Waals surface area contributed by atoms with E-state index in [-0.39, 0.29) is 17.6 Å². The molecule has 0 amide bonds. The number of ether oxygens (including phenoxy) is 2. The van der Waals surface area contributed by atoms with Gasteiger partial charge in [0, 0.05) is 10.4 Å². The highest BCUT2D eigenvalue weighted by molar-refractivity contribution is 9.10. The van der Waals surface area contributed by atoms with Gasteiger partial charge in [-0.25, -0.2) is 4.98 Å². The molecule has 0 bridgehead atoms. The Kier molecular flexibility index (Phi) is 7.96. The van der Waals surface area contributed by atoms with Gasteiger partial charge in [0.25, 0.3) is 5.56 Å². The van der Waals surface area contributed by atoms with E-state index >= 15 is 0 Å². The molecule has 1 aromatic heterocycles. The zero-order valence-electron chi connectivity index (χ0n) is 18.9. The number of hydrogen-bond donors (Lipinski definition) is 0. The quantitative estimate of drug-likeness (QED) is 0.323. The molecule has 32 heavy (non-hydrogen) atoms. The van der Waals surface area contributed by atoms with Crippen LogP contribution in [0.3, 0.4) is 0 Å². The van der Waals surface area contributed by atoms with Gasteiger partial charge in [-0.3, -0.25) is 4.79 Å². The number of fused-ring (bicyclic) bond motifs is 1. The molecule has 0 fully saturated rings. The molecule has 170 valence electrons. The molecule has 8 heteroatoms. The molecule has 0 N–H and O–H groups in total. The van der Waals surface area contributed by atoms with E-state index in [2.05, 4.69) is 28.0 Å². The van der Waals surface area contributed by atoms with Crippen molar-refractivity contribution in [2.24, 2.45) is 5.10 Å². The van der Waals surface area contributed by atoms with Gasteiger partial charge in [0.15, 0.2) is 11.5 Å². The highest BCUT2D eigenvalue weighted by atomic mass is 79.9. The van der Waals surface area contributed by atoms with Crippen molar-refractivity contribution in [2.75, 3.05) is 7.11 Å². The van der Waals surface area contributed by atoms with Crippen LogP contribution in [0.1, 0.15) is 57.8 Å². The lowest BCUT2D eigenvalue weighted by Gasteiger charge is -2.17. The van der Waals surface area contributed by atoms with E-state index in [4.69, 9.17) is 26.1 Å². The Balaban J connectivity index is 2.10. The van der Waals surface area contributed by atoms with Crippen molar-refractivity contribution >= 4 is 44.6 Å². The van der Waals surface area contributed by atoms with Crippen LogP contribution in [0.25, 0.3) is 10.9 Å². The van der Waals surface area contributed by atoms with Gasteiger partial charge < -0.3 is 9.47 Å². The van der Waals surface area contributed by atoms with Gasteiger partial charge in [0.1, 0.15) is 5.82 Å². The van der Waals surface area contributed by atoms with Gasteiger partial charge in [0.05, 0.1) is 35.4 Å². The predicted molar refractivity (Wildman–Crippen MR) is 134 cm³/mol. The van der Waals surface area contributed by atoms with Crippen molar-refractivity contribution in [3.05, 3.63) is 61.6 Å². The summed E-state index contributed by atoms with van der Waals surface area (Å²) >= 11 is 9.90. The molecule has 2 aromatic carbocycles. The molecule has 0 aliphatic rings. The number of benzene rings is 2. The Morgan fingerprint density at radius 2 is 1.97 bits per heavy atom. The second-order valence-corrected chi connectivity index (χ2v) is 9.00. The highest BCUT2D eigenvalue weighted by Crippen LogP contribution is 2.37. The average molecular weight is 521 g/mol. The molecule has 0 aliphatic heterocycles. The van der Waals surface area contributed by atoms with Crippen LogP contribution in [-0.4, -0.2) is 29.1 Å². The van der Waals surface area contributed by atoms with E-state index in [9.17, 15) is 4.79 Å². The zero-order valence-corrected chi connectivity index (χ0v) is 21.2. The molecular weight excluding hydrogens is 494 g/mol. The summed E-state index contributed by atoms with van der Waals surface area (Å²) in [5, 5.41) is 5.41. The summed E-state index contributed by atoms with van der Waals surface area (Å²) < 4.78 is 13.6. The fourth-order valence-electron chi connectivity index (χ4n) is 3.12. The van der Waals surface area contributed by atoms with Crippen molar-refractivity contribution < 1.29 is 9.47 Å². The van der Waals surface area contributed by atoms with Crippen molar-refractivity contribution in [3.63, 3.8) is 0 Å². The van der Waals surface area contributed by atoms with Gasteiger partial charge in [0.2, 0.25) is 0 Å². The number of nitrogens with zero attached hydrogens (tertiary/aromatic N) is 3. The maximum atomic E-state index is 13.3. The molecule has 6 nitrogen and oxygen atoms in total. The van der Waals surface area contributed by atoms with Crippen molar-refractivity contribution in [3.8, 4) is 11.5 Å². The Labute approximate surface area is 201 Å². The van der Waals surface area contributed by atoms with Gasteiger partial charge in [-0.15, -0.1) is 0 Å². The first kappa shape index (κ1) is 24.3. The first-order chi connectivity index (χ1) is 15.3. The maximum absolute atomic E-state index is 13.3. The average Bonchev–Trinajstić information content (AvgIpc) is 2.79. The van der Waals surface area contributed by atoms with E-state index in [0.717, 1.165) is 17.3 Å². The minimum absolute atomic E-state index is 0.000539. The minimum atomic E-state index is -0.224. The fraction of sp³-hybridized carbons (Fsp3) is 0.375. The summed E-state index contributed by atoms with van der Waals surface area (Å²) in [5.74, 6) is 1.67. The number of rotatable bonds is 8. The normalized spacial score (nSPS) is 13.5. The van der Waals surface area contributed by atoms with Crippen LogP contribution in [0.15, 0.2) is 44.7 Å². The Bertz CT molecular complexity index is 1210. The van der Waals surface area contributed by atoms with Gasteiger partial charge in [-0.05, 0) is 55.7 Å². The van der Waals surface area contributed by atoms with E-state index in [0.29, 0.717) is 38.8 Å². The molecule has 0 spiro atoms. The summed E-state index contributed by atoms with van der Waals surface area (Å²) in [5.41, 5.74) is 1.11. The molecule has 3 aromatic rings. The van der Waals surface area contributed by atoms with Crippen LogP contribution in [0.5, 0.6) is 11.5 Å². The third kappa shape index (κ3) is 5.15. The molecule has 1 heterocycles. The van der Waals surface area contributed by atoms with Crippen LogP contribution in [0.4, 0.5) is 0 Å². The molecule has 2 atom stereocenters. The van der Waals surface area contributed by atoms with E-state index in [1.807, 2.05) is 32.9 Å². The highest BCUT2D eigenvalue weighted by Gasteiger charge is 2.17. The monoisotopic (exact) mass is 519 g/mol. The molecule has 0 unspecified atom stereocenters. The Morgan fingerprint density at radius 1 is 1.22 bits per heavy atom. The standard InChI is InChI=1S/C24H27BrClN3O3/c1-6-14(3)23-28-20-9-8-17(25)12-18(20)24(30)29(23)27-13-16-10-19(26)22(21(11-16)31-5)32-15(4)7-2/h8-15H,6-7H2,1-5H3/t14-,15+/m1/s1. The fourth-order valence-corrected chi connectivity index (χ4v) is 3.74. The van der Waals surface area contributed by atoms with E-state index in [1.165, 1.54) is 4.68 Å².